The van der Waals surface area contributed by atoms with Crippen LogP contribution in [0.25, 0.3) is 0 Å². The van der Waals surface area contributed by atoms with Crippen molar-refractivity contribution >= 4 is 5.69 Å². The maximum absolute atomic E-state index is 13.1. The Labute approximate surface area is 120 Å². The van der Waals surface area contributed by atoms with E-state index in [4.69, 9.17) is 5.73 Å². The van der Waals surface area contributed by atoms with Gasteiger partial charge >= 0.3 is 6.18 Å². The molecule has 0 amide bonds. The van der Waals surface area contributed by atoms with Crippen LogP contribution in [-0.2, 0) is 25.6 Å². The van der Waals surface area contributed by atoms with Crippen LogP contribution in [0.1, 0.15) is 36.6 Å². The summed E-state index contributed by atoms with van der Waals surface area (Å²) in [6.45, 7) is 3.84. The molecule has 21 heavy (non-hydrogen) atoms. The molecule has 2 N–H and O–H groups in total. The zero-order valence-corrected chi connectivity index (χ0v) is 11.9. The number of rotatable bonds is 4. The molecule has 2 aromatic rings. The van der Waals surface area contributed by atoms with Gasteiger partial charge in [0.15, 0.2) is 5.82 Å². The number of halogens is 3. The summed E-state index contributed by atoms with van der Waals surface area (Å²) in [7, 11) is 0. The molecule has 0 aliphatic rings. The van der Waals surface area contributed by atoms with Gasteiger partial charge in [0.2, 0.25) is 0 Å². The van der Waals surface area contributed by atoms with Gasteiger partial charge < -0.3 is 5.73 Å². The lowest BCUT2D eigenvalue weighted by Gasteiger charge is -2.14. The molecule has 0 radical (unpaired) electrons. The molecule has 0 unspecified atom stereocenters. The minimum Gasteiger partial charge on any atom is -0.399 e. The molecule has 0 atom stereocenters. The van der Waals surface area contributed by atoms with E-state index in [2.05, 4.69) is 10.1 Å². The third-order valence-electron chi connectivity index (χ3n) is 3.18. The second-order valence-electron chi connectivity index (χ2n) is 4.72. The van der Waals surface area contributed by atoms with Gasteiger partial charge in [-0.1, -0.05) is 19.9 Å². The molecule has 2 rings (SSSR count). The highest BCUT2D eigenvalue weighted by Gasteiger charge is 2.33. The molecular formula is C14H17F3N4. The second-order valence-corrected chi connectivity index (χ2v) is 4.72. The van der Waals surface area contributed by atoms with E-state index in [0.717, 1.165) is 6.07 Å². The third kappa shape index (κ3) is 3.34. The number of anilines is 1. The first-order valence-corrected chi connectivity index (χ1v) is 6.73. The number of aromatic nitrogens is 3. The number of nitrogens with zero attached hydrogens (tertiary/aromatic N) is 3. The van der Waals surface area contributed by atoms with Gasteiger partial charge in [-0.25, -0.2) is 9.67 Å². The molecular weight excluding hydrogens is 281 g/mol. The van der Waals surface area contributed by atoms with E-state index < -0.39 is 11.7 Å². The van der Waals surface area contributed by atoms with Crippen LogP contribution in [0.5, 0.6) is 0 Å². The van der Waals surface area contributed by atoms with Gasteiger partial charge in [0.25, 0.3) is 0 Å². The second kappa shape index (κ2) is 5.75. The van der Waals surface area contributed by atoms with Crippen molar-refractivity contribution < 1.29 is 13.2 Å². The number of nitrogens with two attached hydrogens (primary N) is 1. The first kappa shape index (κ1) is 15.3. The van der Waals surface area contributed by atoms with Gasteiger partial charge in [0.05, 0.1) is 12.1 Å². The molecule has 0 aliphatic heterocycles. The van der Waals surface area contributed by atoms with E-state index in [1.807, 2.05) is 13.8 Å². The summed E-state index contributed by atoms with van der Waals surface area (Å²) >= 11 is 0. The third-order valence-corrected chi connectivity index (χ3v) is 3.18. The van der Waals surface area contributed by atoms with Crippen molar-refractivity contribution in [1.82, 2.24) is 14.8 Å². The number of aryl methyl sites for hydroxylation is 2. The number of nitrogen functional groups attached to an aromatic ring is 1. The largest absolute Gasteiger partial charge is 0.416 e. The lowest BCUT2D eigenvalue weighted by molar-refractivity contribution is -0.138. The van der Waals surface area contributed by atoms with Gasteiger partial charge in [0, 0.05) is 18.5 Å². The van der Waals surface area contributed by atoms with Crippen molar-refractivity contribution in [3.63, 3.8) is 0 Å². The molecule has 114 valence electrons. The highest BCUT2D eigenvalue weighted by molar-refractivity contribution is 5.46. The van der Waals surface area contributed by atoms with Crippen LogP contribution in [-0.4, -0.2) is 14.8 Å². The van der Waals surface area contributed by atoms with E-state index >= 15 is 0 Å². The van der Waals surface area contributed by atoms with Gasteiger partial charge in [-0.2, -0.15) is 18.3 Å². The van der Waals surface area contributed by atoms with Gasteiger partial charge in [0.1, 0.15) is 5.82 Å². The Bertz CT molecular complexity index is 632. The monoisotopic (exact) mass is 298 g/mol. The smallest absolute Gasteiger partial charge is 0.399 e. The number of benzene rings is 1. The topological polar surface area (TPSA) is 56.7 Å². The van der Waals surface area contributed by atoms with Crippen molar-refractivity contribution in [1.29, 1.82) is 0 Å². The lowest BCUT2D eigenvalue weighted by Crippen LogP contribution is -2.14. The normalized spacial score (nSPS) is 11.9. The minimum atomic E-state index is -4.44. The van der Waals surface area contributed by atoms with Gasteiger partial charge in [-0.05, 0) is 17.7 Å². The maximum atomic E-state index is 13.1. The highest BCUT2D eigenvalue weighted by Crippen LogP contribution is 2.33. The predicted octanol–water partition coefficient (Wildman–Crippen LogP) is 3.05. The Kier molecular flexibility index (Phi) is 4.20. The highest BCUT2D eigenvalue weighted by atomic mass is 19.4. The number of hydrogen-bond donors (Lipinski definition) is 1. The zero-order valence-electron chi connectivity index (χ0n) is 11.9. The molecule has 0 spiro atoms. The molecule has 0 aliphatic carbocycles. The van der Waals surface area contributed by atoms with Crippen molar-refractivity contribution in [3.05, 3.63) is 41.0 Å². The van der Waals surface area contributed by atoms with Crippen LogP contribution < -0.4 is 5.73 Å². The Morgan fingerprint density at radius 3 is 2.48 bits per heavy atom. The number of alkyl halides is 3. The molecule has 1 aromatic carbocycles. The first-order chi connectivity index (χ1) is 9.85. The van der Waals surface area contributed by atoms with Crippen molar-refractivity contribution in [2.24, 2.45) is 0 Å². The Hall–Kier alpha value is -2.05. The van der Waals surface area contributed by atoms with Crippen molar-refractivity contribution in [2.75, 3.05) is 5.73 Å². The van der Waals surface area contributed by atoms with Crippen LogP contribution in [0.2, 0.25) is 0 Å². The average Bonchev–Trinajstić information content (AvgIpc) is 2.82. The summed E-state index contributed by atoms with van der Waals surface area (Å²) in [5, 5.41) is 4.25. The Balaban J connectivity index is 2.42. The molecule has 0 fully saturated rings. The number of hydrogen-bond acceptors (Lipinski definition) is 3. The molecule has 4 nitrogen and oxygen atoms in total. The fourth-order valence-electron chi connectivity index (χ4n) is 2.12. The van der Waals surface area contributed by atoms with E-state index in [1.165, 1.54) is 16.8 Å². The maximum Gasteiger partial charge on any atom is 0.416 e. The van der Waals surface area contributed by atoms with Crippen LogP contribution in [0, 0.1) is 0 Å². The van der Waals surface area contributed by atoms with Crippen LogP contribution in [0.15, 0.2) is 18.2 Å². The predicted molar refractivity (Wildman–Crippen MR) is 73.7 cm³/mol. The first-order valence-electron chi connectivity index (χ1n) is 6.73. The fourth-order valence-corrected chi connectivity index (χ4v) is 2.12. The van der Waals surface area contributed by atoms with Crippen LogP contribution in [0.4, 0.5) is 18.9 Å². The zero-order chi connectivity index (χ0) is 15.6. The summed E-state index contributed by atoms with van der Waals surface area (Å²) < 4.78 is 40.8. The lowest BCUT2D eigenvalue weighted by atomic mass is 10.1. The van der Waals surface area contributed by atoms with E-state index in [-0.39, 0.29) is 17.8 Å². The van der Waals surface area contributed by atoms with E-state index in [9.17, 15) is 13.2 Å². The van der Waals surface area contributed by atoms with Gasteiger partial charge in [-0.15, -0.1) is 0 Å². The molecule has 0 saturated carbocycles. The van der Waals surface area contributed by atoms with Crippen molar-refractivity contribution in [2.45, 2.75) is 39.4 Å². The van der Waals surface area contributed by atoms with Gasteiger partial charge in [-0.3, -0.25) is 0 Å². The summed E-state index contributed by atoms with van der Waals surface area (Å²) in [5.41, 5.74) is 4.97. The molecule has 0 saturated heterocycles. The molecule has 1 aromatic heterocycles. The quantitative estimate of drug-likeness (QED) is 0.883. The van der Waals surface area contributed by atoms with Crippen molar-refractivity contribution in [3.8, 4) is 0 Å². The van der Waals surface area contributed by atoms with Crippen LogP contribution in [0.3, 0.4) is 0 Å². The Morgan fingerprint density at radius 2 is 1.90 bits per heavy atom. The Morgan fingerprint density at radius 1 is 1.19 bits per heavy atom. The molecule has 1 heterocycles. The standard InChI is InChI=1S/C14H17F3N4/c1-3-12-19-13(4-2)21(20-12)8-9-5-6-10(18)7-11(9)14(15,16)17/h5-7H,3-4,8,18H2,1-2H3. The van der Waals surface area contributed by atoms with E-state index in [0.29, 0.717) is 24.5 Å². The summed E-state index contributed by atoms with van der Waals surface area (Å²) in [6.07, 6.45) is -3.18. The summed E-state index contributed by atoms with van der Waals surface area (Å²) in [4.78, 5) is 4.30. The average molecular weight is 298 g/mol. The molecule has 7 heteroatoms. The SMILES string of the molecule is CCc1nc(CC)n(Cc2ccc(N)cc2C(F)(F)F)n1. The summed E-state index contributed by atoms with van der Waals surface area (Å²) in [6, 6.07) is 3.82. The fraction of sp³-hybridized carbons (Fsp3) is 0.429. The van der Waals surface area contributed by atoms with E-state index in [1.54, 1.807) is 0 Å². The minimum absolute atomic E-state index is 0.0330. The van der Waals surface area contributed by atoms with Crippen LogP contribution >= 0.6 is 0 Å². The molecule has 0 bridgehead atoms. The summed E-state index contributed by atoms with van der Waals surface area (Å²) in [5.74, 6) is 1.31.